The Bertz CT molecular complexity index is 292. The second kappa shape index (κ2) is 7.51. The highest BCUT2D eigenvalue weighted by Crippen LogP contribution is 2.10. The average Bonchev–Trinajstić information content (AvgIpc) is 2.75. The molecule has 0 spiro atoms. The van der Waals surface area contributed by atoms with Gasteiger partial charge in [-0.1, -0.05) is 12.0 Å². The van der Waals surface area contributed by atoms with Gasteiger partial charge in [0, 0.05) is 19.3 Å². The molecule has 0 aliphatic carbocycles. The van der Waals surface area contributed by atoms with E-state index < -0.39 is 0 Å². The molecule has 0 atom stereocenters. The largest absolute Gasteiger partial charge is 0.407 e. The summed E-state index contributed by atoms with van der Waals surface area (Å²) in [5, 5.41) is 11.2. The van der Waals surface area contributed by atoms with Crippen LogP contribution in [0.4, 0.5) is 6.01 Å². The summed E-state index contributed by atoms with van der Waals surface area (Å²) >= 11 is 1.80. The van der Waals surface area contributed by atoms with Gasteiger partial charge < -0.3 is 14.6 Å². The Balaban J connectivity index is 2.37. The van der Waals surface area contributed by atoms with Gasteiger partial charge in [-0.2, -0.15) is 11.8 Å². The van der Waals surface area contributed by atoms with Gasteiger partial charge in [0.25, 0.3) is 0 Å². The lowest BCUT2D eigenvalue weighted by Crippen LogP contribution is -2.20. The van der Waals surface area contributed by atoms with Crippen LogP contribution in [-0.2, 0) is 6.54 Å². The van der Waals surface area contributed by atoms with Crippen molar-refractivity contribution < 1.29 is 4.42 Å². The van der Waals surface area contributed by atoms with E-state index in [0.717, 1.165) is 25.3 Å². The van der Waals surface area contributed by atoms with E-state index in [1.807, 2.05) is 11.9 Å². The first-order chi connectivity index (χ1) is 7.77. The fourth-order valence-corrected chi connectivity index (χ4v) is 1.62. The zero-order valence-corrected chi connectivity index (χ0v) is 11.0. The molecule has 16 heavy (non-hydrogen) atoms. The van der Waals surface area contributed by atoms with Crippen LogP contribution in [0.5, 0.6) is 0 Å². The average molecular weight is 244 g/mol. The summed E-state index contributed by atoms with van der Waals surface area (Å²) in [5.74, 6) is 1.71. The van der Waals surface area contributed by atoms with Crippen LogP contribution in [-0.4, -0.2) is 42.3 Å². The van der Waals surface area contributed by atoms with Crippen molar-refractivity contribution in [1.29, 1.82) is 0 Å². The van der Waals surface area contributed by atoms with Crippen LogP contribution in [0.25, 0.3) is 0 Å². The first-order valence-corrected chi connectivity index (χ1v) is 6.90. The second-order valence-electron chi connectivity index (χ2n) is 3.57. The topological polar surface area (TPSA) is 54.2 Å². The molecule has 0 aromatic carbocycles. The minimum absolute atomic E-state index is 0.599. The smallest absolute Gasteiger partial charge is 0.317 e. The molecular weight excluding hydrogens is 224 g/mol. The predicted octanol–water partition coefficient (Wildman–Crippen LogP) is 1.37. The zero-order valence-electron chi connectivity index (χ0n) is 10.2. The van der Waals surface area contributed by atoms with E-state index in [4.69, 9.17) is 4.42 Å². The Morgan fingerprint density at radius 1 is 1.44 bits per heavy atom. The third-order valence-electron chi connectivity index (χ3n) is 2.12. The van der Waals surface area contributed by atoms with Crippen LogP contribution in [0.1, 0.15) is 19.2 Å². The number of nitrogens with one attached hydrogen (secondary N) is 1. The van der Waals surface area contributed by atoms with Crippen LogP contribution < -0.4 is 10.2 Å². The van der Waals surface area contributed by atoms with Gasteiger partial charge in [-0.25, -0.2) is 0 Å². The Kier molecular flexibility index (Phi) is 6.25. The molecule has 0 aliphatic rings. The minimum atomic E-state index is 0.599. The fraction of sp³-hybridized carbons (Fsp3) is 0.800. The number of anilines is 1. The van der Waals surface area contributed by atoms with E-state index in [9.17, 15) is 0 Å². The normalized spacial score (nSPS) is 10.7. The Labute approximate surface area is 101 Å². The van der Waals surface area contributed by atoms with Crippen molar-refractivity contribution >= 4 is 17.8 Å². The molecule has 0 radical (unpaired) electrons. The summed E-state index contributed by atoms with van der Waals surface area (Å²) in [7, 11) is 1.97. The number of aromatic nitrogens is 2. The quantitative estimate of drug-likeness (QED) is 0.697. The Morgan fingerprint density at radius 2 is 2.25 bits per heavy atom. The summed E-state index contributed by atoms with van der Waals surface area (Å²) in [6, 6.07) is 0.599. The maximum absolute atomic E-state index is 5.52. The molecule has 0 amide bonds. The Morgan fingerprint density at radius 3 is 2.94 bits per heavy atom. The summed E-state index contributed by atoms with van der Waals surface area (Å²) in [6.07, 6.45) is 3.19. The molecular formula is C10H20N4OS. The van der Waals surface area contributed by atoms with E-state index in [1.54, 1.807) is 11.8 Å². The van der Waals surface area contributed by atoms with Crippen LogP contribution in [0.2, 0.25) is 0 Å². The van der Waals surface area contributed by atoms with Crippen molar-refractivity contribution in [2.75, 3.05) is 37.0 Å². The molecule has 1 heterocycles. The summed E-state index contributed by atoms with van der Waals surface area (Å²) < 4.78 is 5.52. The molecule has 1 aromatic rings. The number of rotatable bonds is 8. The lowest BCUT2D eigenvalue weighted by molar-refractivity contribution is 0.467. The molecule has 0 saturated heterocycles. The van der Waals surface area contributed by atoms with Gasteiger partial charge in [0.1, 0.15) is 0 Å². The minimum Gasteiger partial charge on any atom is -0.407 e. The predicted molar refractivity (Wildman–Crippen MR) is 67.9 cm³/mol. The standard InChI is InChI=1S/C10H20N4OS/c1-4-5-11-8-9-12-13-10(15-9)14(2)6-7-16-3/h11H,4-8H2,1-3H3. The van der Waals surface area contributed by atoms with E-state index >= 15 is 0 Å². The summed E-state index contributed by atoms with van der Waals surface area (Å²) in [5.41, 5.74) is 0. The number of hydrogen-bond donors (Lipinski definition) is 1. The number of thioether (sulfide) groups is 1. The molecule has 0 unspecified atom stereocenters. The van der Waals surface area contributed by atoms with Gasteiger partial charge in [-0.05, 0) is 19.2 Å². The maximum Gasteiger partial charge on any atom is 0.317 e. The molecule has 0 aliphatic heterocycles. The van der Waals surface area contributed by atoms with Gasteiger partial charge in [0.2, 0.25) is 5.89 Å². The van der Waals surface area contributed by atoms with Crippen LogP contribution in [0.3, 0.4) is 0 Å². The molecule has 1 rings (SSSR count). The highest BCUT2D eigenvalue weighted by molar-refractivity contribution is 7.98. The van der Waals surface area contributed by atoms with Gasteiger partial charge in [-0.3, -0.25) is 0 Å². The highest BCUT2D eigenvalue weighted by atomic mass is 32.2. The maximum atomic E-state index is 5.52. The van der Waals surface area contributed by atoms with Crippen molar-refractivity contribution in [3.63, 3.8) is 0 Å². The van der Waals surface area contributed by atoms with Gasteiger partial charge in [-0.15, -0.1) is 5.10 Å². The van der Waals surface area contributed by atoms with E-state index in [-0.39, 0.29) is 0 Å². The number of nitrogens with zero attached hydrogens (tertiary/aromatic N) is 3. The first-order valence-electron chi connectivity index (χ1n) is 5.51. The van der Waals surface area contributed by atoms with Gasteiger partial charge >= 0.3 is 6.01 Å². The summed E-state index contributed by atoms with van der Waals surface area (Å²) in [4.78, 5) is 1.98. The monoisotopic (exact) mass is 244 g/mol. The third-order valence-corrected chi connectivity index (χ3v) is 2.71. The molecule has 0 fully saturated rings. The van der Waals surface area contributed by atoms with Crippen molar-refractivity contribution in [2.24, 2.45) is 0 Å². The lowest BCUT2D eigenvalue weighted by atomic mass is 10.5. The molecule has 1 N–H and O–H groups in total. The Hall–Kier alpha value is -0.750. The molecule has 6 heteroatoms. The third kappa shape index (κ3) is 4.40. The SMILES string of the molecule is CCCNCc1nnc(N(C)CCSC)o1. The lowest BCUT2D eigenvalue weighted by Gasteiger charge is -2.11. The molecule has 1 aromatic heterocycles. The van der Waals surface area contributed by atoms with E-state index in [2.05, 4.69) is 28.7 Å². The second-order valence-corrected chi connectivity index (χ2v) is 4.56. The molecule has 0 saturated carbocycles. The van der Waals surface area contributed by atoms with Gasteiger partial charge in [0.05, 0.1) is 6.54 Å². The van der Waals surface area contributed by atoms with Crippen molar-refractivity contribution in [2.45, 2.75) is 19.9 Å². The summed E-state index contributed by atoms with van der Waals surface area (Å²) in [6.45, 7) is 4.67. The highest BCUT2D eigenvalue weighted by Gasteiger charge is 2.09. The molecule has 0 bridgehead atoms. The van der Waals surface area contributed by atoms with Crippen molar-refractivity contribution in [3.05, 3.63) is 5.89 Å². The molecule has 5 nitrogen and oxygen atoms in total. The zero-order chi connectivity index (χ0) is 11.8. The van der Waals surface area contributed by atoms with Crippen LogP contribution in [0, 0.1) is 0 Å². The van der Waals surface area contributed by atoms with E-state index in [1.165, 1.54) is 0 Å². The van der Waals surface area contributed by atoms with Crippen molar-refractivity contribution in [1.82, 2.24) is 15.5 Å². The van der Waals surface area contributed by atoms with E-state index in [0.29, 0.717) is 18.5 Å². The number of hydrogen-bond acceptors (Lipinski definition) is 6. The van der Waals surface area contributed by atoms with Gasteiger partial charge in [0.15, 0.2) is 0 Å². The molecule has 92 valence electrons. The first kappa shape index (κ1) is 13.3. The van der Waals surface area contributed by atoms with Crippen LogP contribution >= 0.6 is 11.8 Å². The fourth-order valence-electron chi connectivity index (χ4n) is 1.17. The van der Waals surface area contributed by atoms with Crippen molar-refractivity contribution in [3.8, 4) is 0 Å². The van der Waals surface area contributed by atoms with Crippen LogP contribution in [0.15, 0.2) is 4.42 Å².